The van der Waals surface area contributed by atoms with Crippen LogP contribution in [0, 0.1) is 0 Å². The fourth-order valence-electron chi connectivity index (χ4n) is 1.54. The van der Waals surface area contributed by atoms with Crippen molar-refractivity contribution in [1.29, 1.82) is 0 Å². The van der Waals surface area contributed by atoms with Gasteiger partial charge in [0.05, 0.1) is 0 Å². The Balaban J connectivity index is 2.07. The lowest BCUT2D eigenvalue weighted by atomic mass is 10.2. The third-order valence-corrected chi connectivity index (χ3v) is 3.24. The first-order valence-electron chi connectivity index (χ1n) is 5.30. The van der Waals surface area contributed by atoms with Crippen LogP contribution in [0.4, 0.5) is 0 Å². The van der Waals surface area contributed by atoms with Crippen LogP contribution in [0.3, 0.4) is 0 Å². The van der Waals surface area contributed by atoms with Crippen molar-refractivity contribution in [2.24, 2.45) is 0 Å². The first-order chi connectivity index (χ1) is 8.29. The Morgan fingerprint density at radius 1 is 1.06 bits per heavy atom. The molecule has 1 nitrogen and oxygen atoms in total. The maximum absolute atomic E-state index is 5.92. The minimum Gasteiger partial charge on any atom is -0.489 e. The van der Waals surface area contributed by atoms with Gasteiger partial charge in [0.2, 0.25) is 0 Å². The maximum Gasteiger partial charge on any atom is 0.123 e. The molecule has 0 fully saturated rings. The zero-order chi connectivity index (χ0) is 12.1. The molecule has 0 bridgehead atoms. The summed E-state index contributed by atoms with van der Waals surface area (Å²) in [6.07, 6.45) is 0. The number of rotatable bonds is 4. The fourth-order valence-corrected chi connectivity index (χ4v) is 2.22. The lowest BCUT2D eigenvalue weighted by molar-refractivity contribution is 0.304. The molecule has 0 atom stereocenters. The number of hydrogen-bond donors (Lipinski definition) is 0. The monoisotopic (exact) mass is 310 g/mol. The van der Waals surface area contributed by atoms with Gasteiger partial charge in [-0.2, -0.15) is 0 Å². The second kappa shape index (κ2) is 6.08. The molecule has 0 amide bonds. The van der Waals surface area contributed by atoms with Crippen LogP contribution in [-0.4, -0.2) is 0 Å². The highest BCUT2D eigenvalue weighted by Crippen LogP contribution is 2.22. The van der Waals surface area contributed by atoms with Gasteiger partial charge in [-0.25, -0.2) is 0 Å². The van der Waals surface area contributed by atoms with Gasteiger partial charge >= 0.3 is 0 Å². The van der Waals surface area contributed by atoms with E-state index in [1.807, 2.05) is 48.5 Å². The Morgan fingerprint density at radius 3 is 2.65 bits per heavy atom. The van der Waals surface area contributed by atoms with Crippen molar-refractivity contribution in [3.63, 3.8) is 0 Å². The van der Waals surface area contributed by atoms with E-state index < -0.39 is 0 Å². The molecule has 0 saturated heterocycles. The number of alkyl halides is 1. The summed E-state index contributed by atoms with van der Waals surface area (Å²) in [5, 5.41) is 1.53. The number of halogens is 2. The van der Waals surface area contributed by atoms with E-state index >= 15 is 0 Å². The molecule has 0 radical (unpaired) electrons. The van der Waals surface area contributed by atoms with E-state index in [1.165, 1.54) is 0 Å². The van der Waals surface area contributed by atoms with Gasteiger partial charge in [0.1, 0.15) is 12.4 Å². The van der Waals surface area contributed by atoms with E-state index in [0.717, 1.165) is 27.2 Å². The van der Waals surface area contributed by atoms with Crippen LogP contribution in [0.25, 0.3) is 0 Å². The highest BCUT2D eigenvalue weighted by Gasteiger charge is 2.02. The van der Waals surface area contributed by atoms with Gasteiger partial charge in [0.25, 0.3) is 0 Å². The Kier molecular flexibility index (Phi) is 4.46. The van der Waals surface area contributed by atoms with Crippen LogP contribution in [0.2, 0.25) is 5.02 Å². The molecule has 0 unspecified atom stereocenters. The van der Waals surface area contributed by atoms with Crippen LogP contribution in [0.15, 0.2) is 48.5 Å². The predicted octanol–water partition coefficient (Wildman–Crippen LogP) is 4.81. The molecule has 2 rings (SSSR count). The normalized spacial score (nSPS) is 10.2. The minimum absolute atomic E-state index is 0.532. The second-order valence-electron chi connectivity index (χ2n) is 3.66. The molecule has 0 aliphatic heterocycles. The number of para-hydroxylation sites is 1. The first-order valence-corrected chi connectivity index (χ1v) is 6.80. The van der Waals surface area contributed by atoms with E-state index in [2.05, 4.69) is 15.9 Å². The predicted molar refractivity (Wildman–Crippen MR) is 74.9 cm³/mol. The van der Waals surface area contributed by atoms with Crippen molar-refractivity contribution in [1.82, 2.24) is 0 Å². The molecule has 0 heterocycles. The Morgan fingerprint density at radius 2 is 1.88 bits per heavy atom. The maximum atomic E-state index is 5.92. The molecule has 2 aromatic carbocycles. The van der Waals surface area contributed by atoms with Crippen LogP contribution in [0.5, 0.6) is 5.75 Å². The SMILES string of the molecule is Clc1cccc(COc2ccccc2CBr)c1. The van der Waals surface area contributed by atoms with Crippen molar-refractivity contribution in [3.05, 3.63) is 64.7 Å². The van der Waals surface area contributed by atoms with E-state index in [1.54, 1.807) is 0 Å². The van der Waals surface area contributed by atoms with E-state index in [9.17, 15) is 0 Å². The topological polar surface area (TPSA) is 9.23 Å². The average Bonchev–Trinajstić information content (AvgIpc) is 2.37. The average molecular weight is 312 g/mol. The summed E-state index contributed by atoms with van der Waals surface area (Å²) in [5.41, 5.74) is 2.22. The fraction of sp³-hybridized carbons (Fsp3) is 0.143. The molecule has 0 aliphatic rings. The Labute approximate surface area is 115 Å². The standard InChI is InChI=1S/C14H12BrClO/c15-9-12-5-1-2-7-14(12)17-10-11-4-3-6-13(16)8-11/h1-8H,9-10H2. The smallest absolute Gasteiger partial charge is 0.123 e. The highest BCUT2D eigenvalue weighted by atomic mass is 79.9. The second-order valence-corrected chi connectivity index (χ2v) is 4.66. The lowest BCUT2D eigenvalue weighted by Gasteiger charge is -2.09. The zero-order valence-corrected chi connectivity index (χ0v) is 11.5. The number of ether oxygens (including phenoxy) is 1. The van der Waals surface area contributed by atoms with E-state index in [4.69, 9.17) is 16.3 Å². The van der Waals surface area contributed by atoms with Crippen molar-refractivity contribution in [2.75, 3.05) is 0 Å². The molecule has 17 heavy (non-hydrogen) atoms. The van der Waals surface area contributed by atoms with Gasteiger partial charge in [-0.1, -0.05) is 57.9 Å². The van der Waals surface area contributed by atoms with Crippen molar-refractivity contribution in [3.8, 4) is 5.75 Å². The summed E-state index contributed by atoms with van der Waals surface area (Å²) < 4.78 is 5.78. The van der Waals surface area contributed by atoms with Gasteiger partial charge < -0.3 is 4.74 Å². The van der Waals surface area contributed by atoms with E-state index in [-0.39, 0.29) is 0 Å². The Hall–Kier alpha value is -0.990. The van der Waals surface area contributed by atoms with Crippen LogP contribution < -0.4 is 4.74 Å². The molecule has 88 valence electrons. The summed E-state index contributed by atoms with van der Waals surface area (Å²) in [5.74, 6) is 0.907. The Bertz CT molecular complexity index is 499. The number of hydrogen-bond acceptors (Lipinski definition) is 1. The molecule has 0 aromatic heterocycles. The first kappa shape index (κ1) is 12.5. The largest absolute Gasteiger partial charge is 0.489 e. The van der Waals surface area contributed by atoms with Gasteiger partial charge in [0.15, 0.2) is 0 Å². The summed E-state index contributed by atoms with van der Waals surface area (Å²) in [4.78, 5) is 0. The zero-order valence-electron chi connectivity index (χ0n) is 9.20. The van der Waals surface area contributed by atoms with E-state index in [0.29, 0.717) is 6.61 Å². The highest BCUT2D eigenvalue weighted by molar-refractivity contribution is 9.08. The van der Waals surface area contributed by atoms with Crippen LogP contribution in [0.1, 0.15) is 11.1 Å². The summed E-state index contributed by atoms with van der Waals surface area (Å²) in [6.45, 7) is 0.532. The molecular formula is C14H12BrClO. The molecule has 0 aliphatic carbocycles. The number of benzene rings is 2. The van der Waals surface area contributed by atoms with Crippen molar-refractivity contribution >= 4 is 27.5 Å². The molecule has 0 saturated carbocycles. The third kappa shape index (κ3) is 3.48. The summed E-state index contributed by atoms with van der Waals surface area (Å²) in [7, 11) is 0. The van der Waals surface area contributed by atoms with Crippen LogP contribution in [-0.2, 0) is 11.9 Å². The van der Waals surface area contributed by atoms with Crippen LogP contribution >= 0.6 is 27.5 Å². The molecule has 0 N–H and O–H groups in total. The summed E-state index contributed by atoms with van der Waals surface area (Å²) in [6, 6.07) is 15.7. The van der Waals surface area contributed by atoms with Gasteiger partial charge in [-0.05, 0) is 23.8 Å². The molecule has 0 spiro atoms. The lowest BCUT2D eigenvalue weighted by Crippen LogP contribution is -1.97. The molecule has 3 heteroatoms. The van der Waals surface area contributed by atoms with Gasteiger partial charge in [0, 0.05) is 15.9 Å². The van der Waals surface area contributed by atoms with Gasteiger partial charge in [-0.15, -0.1) is 0 Å². The summed E-state index contributed by atoms with van der Waals surface area (Å²) >= 11 is 9.37. The third-order valence-electron chi connectivity index (χ3n) is 2.40. The molecular weight excluding hydrogens is 300 g/mol. The minimum atomic E-state index is 0.532. The quantitative estimate of drug-likeness (QED) is 0.736. The molecule has 2 aromatic rings. The van der Waals surface area contributed by atoms with Gasteiger partial charge in [-0.3, -0.25) is 0 Å². The van der Waals surface area contributed by atoms with Crippen molar-refractivity contribution in [2.45, 2.75) is 11.9 Å². The van der Waals surface area contributed by atoms with Crippen molar-refractivity contribution < 1.29 is 4.74 Å².